The van der Waals surface area contributed by atoms with Crippen molar-refractivity contribution in [3.63, 3.8) is 0 Å². The number of nitrogens with zero attached hydrogens (tertiary/aromatic N) is 2. The number of thiazole rings is 1. The van der Waals surface area contributed by atoms with E-state index in [1.54, 1.807) is 11.3 Å². The van der Waals surface area contributed by atoms with Crippen molar-refractivity contribution in [2.24, 2.45) is 0 Å². The third kappa shape index (κ3) is 4.99. The fourth-order valence-corrected chi connectivity index (χ4v) is 6.74. The van der Waals surface area contributed by atoms with Gasteiger partial charge in [-0.3, -0.25) is 4.79 Å². The number of rotatable bonds is 5. The van der Waals surface area contributed by atoms with Crippen molar-refractivity contribution in [2.75, 3.05) is 18.4 Å². The number of sulfonamides is 1. The molecule has 1 amide bonds. The highest BCUT2D eigenvalue weighted by atomic mass is 32.2. The third-order valence-corrected chi connectivity index (χ3v) is 8.73. The Bertz CT molecular complexity index is 1440. The van der Waals surface area contributed by atoms with Gasteiger partial charge in [-0.2, -0.15) is 4.31 Å². The number of carbonyl (C=O) groups excluding carboxylic acids is 1. The molecule has 0 spiro atoms. The maximum absolute atomic E-state index is 13.1. The van der Waals surface area contributed by atoms with Crippen LogP contribution < -0.4 is 5.32 Å². The van der Waals surface area contributed by atoms with Crippen LogP contribution in [0.2, 0.25) is 0 Å². The van der Waals surface area contributed by atoms with Crippen molar-refractivity contribution >= 4 is 43.2 Å². The van der Waals surface area contributed by atoms with Crippen LogP contribution in [0.1, 0.15) is 24.2 Å². The number of benzene rings is 3. The van der Waals surface area contributed by atoms with Crippen LogP contribution in [0.4, 0.5) is 5.69 Å². The van der Waals surface area contributed by atoms with E-state index in [4.69, 9.17) is 4.74 Å². The van der Waals surface area contributed by atoms with Gasteiger partial charge in [-0.05, 0) is 62.4 Å². The molecule has 9 heteroatoms. The number of carbonyl (C=O) groups is 1. The van der Waals surface area contributed by atoms with E-state index in [-0.39, 0.29) is 23.0 Å². The maximum atomic E-state index is 13.1. The van der Waals surface area contributed by atoms with Crippen LogP contribution in [0.5, 0.6) is 0 Å². The van der Waals surface area contributed by atoms with E-state index < -0.39 is 10.0 Å². The van der Waals surface area contributed by atoms with E-state index in [9.17, 15) is 13.2 Å². The van der Waals surface area contributed by atoms with E-state index in [0.717, 1.165) is 20.8 Å². The summed E-state index contributed by atoms with van der Waals surface area (Å²) in [6.07, 6.45) is -0.339. The van der Waals surface area contributed by atoms with Crippen molar-refractivity contribution in [3.8, 4) is 10.6 Å². The minimum atomic E-state index is -3.66. The molecule has 0 radical (unpaired) electrons. The number of ether oxygens (including phenoxy) is 1. The third-order valence-electron chi connectivity index (χ3n) is 5.80. The largest absolute Gasteiger partial charge is 0.373 e. The topological polar surface area (TPSA) is 88.6 Å². The Kier molecular flexibility index (Phi) is 6.41. The van der Waals surface area contributed by atoms with Crippen molar-refractivity contribution in [1.82, 2.24) is 9.29 Å². The summed E-state index contributed by atoms with van der Waals surface area (Å²) in [5.41, 5.74) is 2.87. The Morgan fingerprint density at radius 1 is 1.00 bits per heavy atom. The number of hydrogen-bond donors (Lipinski definition) is 1. The fraction of sp³-hybridized carbons (Fsp3) is 0.231. The van der Waals surface area contributed by atoms with Crippen LogP contribution in [-0.4, -0.2) is 48.9 Å². The highest BCUT2D eigenvalue weighted by molar-refractivity contribution is 7.89. The normalized spacial score (nSPS) is 19.0. The van der Waals surface area contributed by atoms with E-state index >= 15 is 0 Å². The van der Waals surface area contributed by atoms with Crippen LogP contribution in [0, 0.1) is 0 Å². The van der Waals surface area contributed by atoms with Gasteiger partial charge < -0.3 is 10.1 Å². The summed E-state index contributed by atoms with van der Waals surface area (Å²) in [4.78, 5) is 17.7. The summed E-state index contributed by atoms with van der Waals surface area (Å²) in [5.74, 6) is -0.316. The highest BCUT2D eigenvalue weighted by Crippen LogP contribution is 2.31. The molecule has 7 nitrogen and oxygen atoms in total. The zero-order chi connectivity index (χ0) is 24.6. The number of para-hydroxylation sites is 1. The summed E-state index contributed by atoms with van der Waals surface area (Å²) < 4.78 is 34.3. The summed E-state index contributed by atoms with van der Waals surface area (Å²) in [6, 6.07) is 21.5. The molecule has 0 saturated carbocycles. The number of morpholine rings is 1. The van der Waals surface area contributed by atoms with E-state index in [1.165, 1.54) is 28.6 Å². The summed E-state index contributed by atoms with van der Waals surface area (Å²) >= 11 is 1.60. The van der Waals surface area contributed by atoms with Crippen LogP contribution in [0.15, 0.2) is 77.7 Å². The Hall–Kier alpha value is -3.11. The molecule has 1 aliphatic rings. The number of aromatic nitrogens is 1. The Morgan fingerprint density at radius 2 is 1.71 bits per heavy atom. The second-order valence-corrected chi connectivity index (χ2v) is 11.6. The van der Waals surface area contributed by atoms with Crippen LogP contribution in [0.3, 0.4) is 0 Å². The lowest BCUT2D eigenvalue weighted by atomic mass is 10.2. The Balaban J connectivity index is 1.31. The standard InChI is InChI=1S/C26H25N3O4S2/c1-17-15-29(16-18(2)33-17)35(31,32)22-12-10-19(11-13-22)25(30)27-21-7-5-6-20(14-21)26-28-23-8-3-4-9-24(23)34-26/h3-14,17-18H,15-16H2,1-2H3,(H,27,30)/t17-,18+. The molecule has 1 fully saturated rings. The molecule has 2 heterocycles. The second-order valence-electron chi connectivity index (χ2n) is 8.63. The molecular weight excluding hydrogens is 482 g/mol. The summed E-state index contributed by atoms with van der Waals surface area (Å²) in [6.45, 7) is 4.33. The van der Waals surface area contributed by atoms with Gasteiger partial charge in [0, 0.05) is 29.9 Å². The molecule has 0 bridgehead atoms. The molecular formula is C26H25N3O4S2. The second kappa shape index (κ2) is 9.50. The molecule has 4 aromatic rings. The van der Waals surface area contributed by atoms with E-state index in [1.807, 2.05) is 62.4 Å². The molecule has 0 aliphatic carbocycles. The van der Waals surface area contributed by atoms with Crippen LogP contribution >= 0.6 is 11.3 Å². The Morgan fingerprint density at radius 3 is 2.43 bits per heavy atom. The molecule has 0 unspecified atom stereocenters. The van der Waals surface area contributed by atoms with Gasteiger partial charge in [0.1, 0.15) is 5.01 Å². The van der Waals surface area contributed by atoms with E-state index in [2.05, 4.69) is 10.3 Å². The van der Waals surface area contributed by atoms with Gasteiger partial charge >= 0.3 is 0 Å². The smallest absolute Gasteiger partial charge is 0.255 e. The monoisotopic (exact) mass is 507 g/mol. The first kappa shape index (κ1) is 23.6. The molecule has 180 valence electrons. The van der Waals surface area contributed by atoms with Crippen LogP contribution in [0.25, 0.3) is 20.8 Å². The van der Waals surface area contributed by atoms with Crippen molar-refractivity contribution < 1.29 is 17.9 Å². The fourth-order valence-electron chi connectivity index (χ4n) is 4.18. The van der Waals surface area contributed by atoms with Gasteiger partial charge in [0.2, 0.25) is 10.0 Å². The van der Waals surface area contributed by atoms with Crippen molar-refractivity contribution in [2.45, 2.75) is 31.0 Å². The molecule has 3 aromatic carbocycles. The van der Waals surface area contributed by atoms with Gasteiger partial charge in [-0.15, -0.1) is 11.3 Å². The van der Waals surface area contributed by atoms with Gasteiger partial charge in [-0.25, -0.2) is 13.4 Å². The minimum absolute atomic E-state index is 0.160. The summed E-state index contributed by atoms with van der Waals surface area (Å²) in [5, 5.41) is 3.78. The van der Waals surface area contributed by atoms with Crippen molar-refractivity contribution in [3.05, 3.63) is 78.4 Å². The van der Waals surface area contributed by atoms with Gasteiger partial charge in [-0.1, -0.05) is 24.3 Å². The van der Waals surface area contributed by atoms with Gasteiger partial charge in [0.15, 0.2) is 0 Å². The van der Waals surface area contributed by atoms with Gasteiger partial charge in [0.25, 0.3) is 5.91 Å². The first-order chi connectivity index (χ1) is 16.8. The quantitative estimate of drug-likeness (QED) is 0.410. The molecule has 1 aliphatic heterocycles. The molecule has 5 rings (SSSR count). The molecule has 35 heavy (non-hydrogen) atoms. The predicted octanol–water partition coefficient (Wildman–Crippen LogP) is 5.01. The van der Waals surface area contributed by atoms with E-state index in [0.29, 0.717) is 24.3 Å². The molecule has 1 N–H and O–H groups in total. The minimum Gasteiger partial charge on any atom is -0.373 e. The Labute approximate surface area is 208 Å². The van der Waals surface area contributed by atoms with Crippen LogP contribution in [-0.2, 0) is 14.8 Å². The average molecular weight is 508 g/mol. The summed E-state index contributed by atoms with van der Waals surface area (Å²) in [7, 11) is -3.66. The number of anilines is 1. The number of hydrogen-bond acceptors (Lipinski definition) is 6. The predicted molar refractivity (Wildman–Crippen MR) is 138 cm³/mol. The number of nitrogens with one attached hydrogen (secondary N) is 1. The zero-order valence-electron chi connectivity index (χ0n) is 19.3. The lowest BCUT2D eigenvalue weighted by molar-refractivity contribution is -0.0440. The first-order valence-electron chi connectivity index (χ1n) is 11.3. The number of amides is 1. The molecule has 1 saturated heterocycles. The average Bonchev–Trinajstić information content (AvgIpc) is 3.28. The number of fused-ring (bicyclic) bond motifs is 1. The first-order valence-corrected chi connectivity index (χ1v) is 13.6. The lowest BCUT2D eigenvalue weighted by Crippen LogP contribution is -2.48. The SMILES string of the molecule is C[C@@H]1CN(S(=O)(=O)c2ccc(C(=O)Nc3cccc(-c4nc5ccccc5s4)c3)cc2)C[C@H](C)O1. The maximum Gasteiger partial charge on any atom is 0.255 e. The molecule has 2 atom stereocenters. The molecule has 1 aromatic heterocycles. The lowest BCUT2D eigenvalue weighted by Gasteiger charge is -2.34. The highest BCUT2D eigenvalue weighted by Gasteiger charge is 2.32. The zero-order valence-corrected chi connectivity index (χ0v) is 21.0. The van der Waals surface area contributed by atoms with Gasteiger partial charge in [0.05, 0.1) is 27.3 Å². The van der Waals surface area contributed by atoms with Crippen molar-refractivity contribution in [1.29, 1.82) is 0 Å².